The van der Waals surface area contributed by atoms with Gasteiger partial charge in [-0.05, 0) is 24.3 Å². The molecule has 34 heavy (non-hydrogen) atoms. The number of pyridine rings is 1. The van der Waals surface area contributed by atoms with Crippen molar-refractivity contribution in [2.24, 2.45) is 0 Å². The first-order valence-electron chi connectivity index (χ1n) is 10.6. The van der Waals surface area contributed by atoms with Gasteiger partial charge in [0.25, 0.3) is 11.8 Å². The van der Waals surface area contributed by atoms with Crippen molar-refractivity contribution >= 4 is 23.7 Å². The van der Waals surface area contributed by atoms with E-state index in [4.69, 9.17) is 0 Å². The second kappa shape index (κ2) is 9.95. The van der Waals surface area contributed by atoms with Crippen molar-refractivity contribution in [3.63, 3.8) is 0 Å². The summed E-state index contributed by atoms with van der Waals surface area (Å²) >= 11 is 0. The number of carboxylic acid groups (broad SMARTS) is 1. The highest BCUT2D eigenvalue weighted by Crippen LogP contribution is 2.15. The highest BCUT2D eigenvalue weighted by Gasteiger charge is 2.37. The van der Waals surface area contributed by atoms with Gasteiger partial charge in [-0.25, -0.2) is 4.79 Å². The second-order valence-electron chi connectivity index (χ2n) is 7.86. The number of nitrogens with zero attached hydrogens (tertiary/aromatic N) is 2. The standard InChI is InChI=1S/C25H22N4O5/c30-22(16-4-2-1-3-5-16)17-6-8-18(9-7-17)23(31)27-20-14-29(25(33)34)15-21(20)28-24(32)19-10-12-26-13-11-19/h1-13,20-21H,14-15H2,(H,27,31)(H,28,32)(H,33,34)/t20-,21-/m1/s1. The first-order valence-corrected chi connectivity index (χ1v) is 10.6. The Morgan fingerprint density at radius 2 is 1.18 bits per heavy atom. The van der Waals surface area contributed by atoms with Gasteiger partial charge in [0.1, 0.15) is 0 Å². The maximum absolute atomic E-state index is 12.8. The van der Waals surface area contributed by atoms with E-state index in [2.05, 4.69) is 15.6 Å². The van der Waals surface area contributed by atoms with E-state index in [-0.39, 0.29) is 24.8 Å². The summed E-state index contributed by atoms with van der Waals surface area (Å²) in [6.45, 7) is 0.0779. The number of rotatable bonds is 6. The van der Waals surface area contributed by atoms with E-state index in [1.54, 1.807) is 60.7 Å². The molecule has 1 saturated heterocycles. The SMILES string of the molecule is O=C(N[C@@H]1CN(C(=O)O)C[C@H]1NC(=O)c1ccc(C(=O)c2ccccc2)cc1)c1ccncc1. The number of amides is 3. The van der Waals surface area contributed by atoms with Crippen molar-refractivity contribution in [2.45, 2.75) is 12.1 Å². The third kappa shape index (κ3) is 5.09. The van der Waals surface area contributed by atoms with Crippen LogP contribution in [0.3, 0.4) is 0 Å². The van der Waals surface area contributed by atoms with E-state index in [9.17, 15) is 24.3 Å². The zero-order chi connectivity index (χ0) is 24.1. The number of hydrogen-bond acceptors (Lipinski definition) is 5. The zero-order valence-electron chi connectivity index (χ0n) is 18.0. The van der Waals surface area contributed by atoms with Crippen molar-refractivity contribution in [3.8, 4) is 0 Å². The van der Waals surface area contributed by atoms with E-state index < -0.39 is 24.1 Å². The molecule has 2 aromatic carbocycles. The van der Waals surface area contributed by atoms with Crippen LogP contribution < -0.4 is 10.6 Å². The van der Waals surface area contributed by atoms with Crippen LogP contribution in [0.4, 0.5) is 4.79 Å². The summed E-state index contributed by atoms with van der Waals surface area (Å²) in [5.41, 5.74) is 1.69. The minimum Gasteiger partial charge on any atom is -0.465 e. The maximum atomic E-state index is 12.8. The molecule has 1 aromatic heterocycles. The number of ketones is 1. The van der Waals surface area contributed by atoms with Crippen molar-refractivity contribution in [1.82, 2.24) is 20.5 Å². The first kappa shape index (κ1) is 22.7. The largest absolute Gasteiger partial charge is 0.465 e. The van der Waals surface area contributed by atoms with E-state index >= 15 is 0 Å². The van der Waals surface area contributed by atoms with Gasteiger partial charge < -0.3 is 20.6 Å². The molecule has 0 unspecified atom stereocenters. The minimum atomic E-state index is -1.14. The van der Waals surface area contributed by atoms with Gasteiger partial charge in [-0.2, -0.15) is 0 Å². The Labute approximate surface area is 195 Å². The molecule has 3 amide bonds. The number of benzene rings is 2. The lowest BCUT2D eigenvalue weighted by molar-refractivity contribution is 0.0896. The third-order valence-electron chi connectivity index (χ3n) is 5.61. The summed E-state index contributed by atoms with van der Waals surface area (Å²) in [7, 11) is 0. The molecule has 9 heteroatoms. The second-order valence-corrected chi connectivity index (χ2v) is 7.86. The van der Waals surface area contributed by atoms with Crippen LogP contribution in [0, 0.1) is 0 Å². The highest BCUT2D eigenvalue weighted by molar-refractivity contribution is 6.09. The Hall–Kier alpha value is -4.53. The Kier molecular flexibility index (Phi) is 6.63. The molecule has 3 aromatic rings. The highest BCUT2D eigenvalue weighted by atomic mass is 16.4. The number of carbonyl (C=O) groups excluding carboxylic acids is 3. The smallest absolute Gasteiger partial charge is 0.407 e. The van der Waals surface area contributed by atoms with Crippen LogP contribution >= 0.6 is 0 Å². The van der Waals surface area contributed by atoms with Gasteiger partial charge in [0.05, 0.1) is 12.1 Å². The average molecular weight is 458 g/mol. The summed E-state index contributed by atoms with van der Waals surface area (Å²) < 4.78 is 0. The zero-order valence-corrected chi connectivity index (χ0v) is 18.0. The summed E-state index contributed by atoms with van der Waals surface area (Å²) in [5, 5.41) is 15.0. The maximum Gasteiger partial charge on any atom is 0.407 e. The van der Waals surface area contributed by atoms with Crippen LogP contribution in [-0.2, 0) is 0 Å². The lowest BCUT2D eigenvalue weighted by Gasteiger charge is -2.21. The first-order chi connectivity index (χ1) is 16.4. The normalized spacial score (nSPS) is 17.1. The van der Waals surface area contributed by atoms with Crippen molar-refractivity contribution < 1.29 is 24.3 Å². The van der Waals surface area contributed by atoms with E-state index in [1.807, 2.05) is 6.07 Å². The number of hydrogen-bond donors (Lipinski definition) is 3. The van der Waals surface area contributed by atoms with Gasteiger partial charge in [-0.15, -0.1) is 0 Å². The molecule has 1 aliphatic rings. The number of carbonyl (C=O) groups is 4. The topological polar surface area (TPSA) is 129 Å². The summed E-state index contributed by atoms with van der Waals surface area (Å²) in [5.74, 6) is -0.971. The molecule has 0 radical (unpaired) electrons. The molecular formula is C25H22N4O5. The third-order valence-corrected chi connectivity index (χ3v) is 5.61. The molecule has 9 nitrogen and oxygen atoms in total. The fourth-order valence-electron chi connectivity index (χ4n) is 3.79. The van der Waals surface area contributed by atoms with Gasteiger partial charge in [0.2, 0.25) is 0 Å². The Morgan fingerprint density at radius 1 is 0.706 bits per heavy atom. The summed E-state index contributed by atoms with van der Waals surface area (Å²) in [6, 6.07) is 16.9. The Balaban J connectivity index is 1.44. The lowest BCUT2D eigenvalue weighted by Crippen LogP contribution is -2.51. The van der Waals surface area contributed by atoms with Crippen molar-refractivity contribution in [2.75, 3.05) is 13.1 Å². The van der Waals surface area contributed by atoms with Gasteiger partial charge in [0.15, 0.2) is 5.78 Å². The fraction of sp³-hybridized carbons (Fsp3) is 0.160. The molecule has 0 aliphatic carbocycles. The molecule has 3 N–H and O–H groups in total. The molecule has 0 bridgehead atoms. The predicted octanol–water partition coefficient (Wildman–Crippen LogP) is 2.20. The van der Waals surface area contributed by atoms with Crippen molar-refractivity contribution in [3.05, 3.63) is 101 Å². The van der Waals surface area contributed by atoms with Gasteiger partial charge >= 0.3 is 6.09 Å². The predicted molar refractivity (Wildman–Crippen MR) is 123 cm³/mol. The number of nitrogens with one attached hydrogen (secondary N) is 2. The monoisotopic (exact) mass is 458 g/mol. The van der Waals surface area contributed by atoms with Crippen molar-refractivity contribution in [1.29, 1.82) is 0 Å². The van der Waals surface area contributed by atoms with Crippen LogP contribution in [0.15, 0.2) is 79.1 Å². The summed E-state index contributed by atoms with van der Waals surface area (Å²) in [4.78, 5) is 54.5. The van der Waals surface area contributed by atoms with Crippen LogP contribution in [0.2, 0.25) is 0 Å². The van der Waals surface area contributed by atoms with E-state index in [1.165, 1.54) is 12.4 Å². The summed E-state index contributed by atoms with van der Waals surface area (Å²) in [6.07, 6.45) is 1.83. The fourth-order valence-corrected chi connectivity index (χ4v) is 3.79. The molecule has 4 rings (SSSR count). The van der Waals surface area contributed by atoms with E-state index in [0.29, 0.717) is 22.3 Å². The number of likely N-dealkylation sites (tertiary alicyclic amines) is 1. The molecule has 172 valence electrons. The number of aromatic nitrogens is 1. The Bertz CT molecular complexity index is 1200. The van der Waals surface area contributed by atoms with Gasteiger partial charge in [0, 0.05) is 47.7 Å². The molecule has 0 spiro atoms. The van der Waals surface area contributed by atoms with Crippen LogP contribution in [-0.4, -0.2) is 63.9 Å². The van der Waals surface area contributed by atoms with Crippen LogP contribution in [0.1, 0.15) is 36.6 Å². The van der Waals surface area contributed by atoms with E-state index in [0.717, 1.165) is 4.90 Å². The Morgan fingerprint density at radius 3 is 1.71 bits per heavy atom. The molecule has 0 saturated carbocycles. The van der Waals surface area contributed by atoms with Gasteiger partial charge in [-0.1, -0.05) is 42.5 Å². The van der Waals surface area contributed by atoms with Crippen LogP contribution in [0.25, 0.3) is 0 Å². The quantitative estimate of drug-likeness (QED) is 0.486. The molecule has 2 atom stereocenters. The van der Waals surface area contributed by atoms with Gasteiger partial charge in [-0.3, -0.25) is 19.4 Å². The molecule has 1 fully saturated rings. The molecule has 1 aliphatic heterocycles. The average Bonchev–Trinajstić information content (AvgIpc) is 3.27. The molecular weight excluding hydrogens is 436 g/mol. The van der Waals surface area contributed by atoms with Crippen LogP contribution in [0.5, 0.6) is 0 Å². The molecule has 2 heterocycles. The lowest BCUT2D eigenvalue weighted by atomic mass is 10.0. The minimum absolute atomic E-state index is 0.0347.